The summed E-state index contributed by atoms with van der Waals surface area (Å²) in [5.41, 5.74) is 2.01. The van der Waals surface area contributed by atoms with Crippen molar-refractivity contribution in [3.8, 4) is 11.5 Å². The first-order chi connectivity index (χ1) is 12.5. The second-order valence-electron chi connectivity index (χ2n) is 5.62. The number of anilines is 1. The highest BCUT2D eigenvalue weighted by Gasteiger charge is 2.35. The Balaban J connectivity index is 2.00. The molecule has 1 heterocycles. The molecule has 26 heavy (non-hydrogen) atoms. The van der Waals surface area contributed by atoms with Crippen molar-refractivity contribution in [2.45, 2.75) is 6.92 Å². The summed E-state index contributed by atoms with van der Waals surface area (Å²) in [7, 11) is 3.11. The monoisotopic (exact) mass is 372 g/mol. The summed E-state index contributed by atoms with van der Waals surface area (Å²) in [6.07, 6.45) is 1.58. The van der Waals surface area contributed by atoms with Crippen molar-refractivity contribution in [2.24, 2.45) is 0 Å². The summed E-state index contributed by atoms with van der Waals surface area (Å²) in [4.78, 5) is 26.0. The molecule has 0 saturated carbocycles. The molecule has 134 valence electrons. The van der Waals surface area contributed by atoms with Crippen molar-refractivity contribution in [1.29, 1.82) is 0 Å². The summed E-state index contributed by atoms with van der Waals surface area (Å²) >= 11 is 5.96. The van der Waals surface area contributed by atoms with E-state index in [1.807, 2.05) is 6.92 Å². The van der Waals surface area contributed by atoms with Crippen LogP contribution < -0.4 is 19.7 Å². The minimum Gasteiger partial charge on any atom is -0.496 e. The Morgan fingerprint density at radius 2 is 1.88 bits per heavy atom. The number of benzene rings is 2. The molecule has 6 nitrogen and oxygen atoms in total. The minimum atomic E-state index is -0.535. The molecule has 0 atom stereocenters. The van der Waals surface area contributed by atoms with Crippen molar-refractivity contribution < 1.29 is 19.1 Å². The van der Waals surface area contributed by atoms with Crippen LogP contribution >= 0.6 is 11.6 Å². The predicted octanol–water partition coefficient (Wildman–Crippen LogP) is 3.76. The Kier molecular flexibility index (Phi) is 4.86. The summed E-state index contributed by atoms with van der Waals surface area (Å²) in [6, 6.07) is 9.55. The molecule has 0 aromatic heterocycles. The number of hydrogen-bond donors (Lipinski definition) is 1. The molecular weight excluding hydrogens is 356 g/mol. The number of amides is 3. The molecule has 0 aliphatic carbocycles. The van der Waals surface area contributed by atoms with Crippen molar-refractivity contribution in [1.82, 2.24) is 5.32 Å². The van der Waals surface area contributed by atoms with Gasteiger partial charge in [-0.1, -0.05) is 17.7 Å². The number of imide groups is 1. The number of halogens is 1. The van der Waals surface area contributed by atoms with Gasteiger partial charge in [-0.15, -0.1) is 0 Å². The van der Waals surface area contributed by atoms with Gasteiger partial charge in [0.25, 0.3) is 5.91 Å². The average Bonchev–Trinajstić information content (AvgIpc) is 2.89. The number of rotatable bonds is 4. The number of carbonyl (C=O) groups excluding carboxylic acids is 2. The van der Waals surface area contributed by atoms with Crippen LogP contribution in [0.4, 0.5) is 10.5 Å². The molecule has 7 heteroatoms. The van der Waals surface area contributed by atoms with Crippen LogP contribution in [0.3, 0.4) is 0 Å². The van der Waals surface area contributed by atoms with Gasteiger partial charge in [0.1, 0.15) is 17.2 Å². The second kappa shape index (κ2) is 7.09. The van der Waals surface area contributed by atoms with E-state index >= 15 is 0 Å². The highest BCUT2D eigenvalue weighted by Crippen LogP contribution is 2.33. The van der Waals surface area contributed by atoms with E-state index in [1.165, 1.54) is 7.11 Å². The van der Waals surface area contributed by atoms with Crippen LogP contribution in [0.15, 0.2) is 42.1 Å². The molecule has 1 saturated heterocycles. The van der Waals surface area contributed by atoms with Crippen LogP contribution in [0.25, 0.3) is 6.08 Å². The third-order valence-corrected chi connectivity index (χ3v) is 4.29. The highest BCUT2D eigenvalue weighted by atomic mass is 35.5. The fourth-order valence-electron chi connectivity index (χ4n) is 2.84. The number of ether oxygens (including phenoxy) is 2. The summed E-state index contributed by atoms with van der Waals surface area (Å²) in [6.45, 7) is 1.85. The fourth-order valence-corrected chi connectivity index (χ4v) is 3.03. The first kappa shape index (κ1) is 17.8. The van der Waals surface area contributed by atoms with E-state index in [0.717, 1.165) is 10.5 Å². The van der Waals surface area contributed by atoms with Crippen LogP contribution in [-0.4, -0.2) is 26.2 Å². The molecule has 1 N–H and O–H groups in total. The lowest BCUT2D eigenvalue weighted by Crippen LogP contribution is -2.30. The Morgan fingerprint density at radius 3 is 2.54 bits per heavy atom. The van der Waals surface area contributed by atoms with Gasteiger partial charge in [0.05, 0.1) is 19.9 Å². The SMILES string of the molecule is COc1ccc(/C=C2/NC(=O)N(c3cccc(Cl)c3)C2=O)c(OC)c1C. The minimum absolute atomic E-state index is 0.151. The van der Waals surface area contributed by atoms with E-state index in [0.29, 0.717) is 27.8 Å². The predicted molar refractivity (Wildman–Crippen MR) is 99.7 cm³/mol. The first-order valence-electron chi connectivity index (χ1n) is 7.80. The van der Waals surface area contributed by atoms with Crippen LogP contribution in [0.5, 0.6) is 11.5 Å². The first-order valence-corrected chi connectivity index (χ1v) is 8.18. The van der Waals surface area contributed by atoms with E-state index in [4.69, 9.17) is 21.1 Å². The van der Waals surface area contributed by atoms with Gasteiger partial charge in [0.15, 0.2) is 0 Å². The van der Waals surface area contributed by atoms with Crippen LogP contribution in [-0.2, 0) is 4.79 Å². The van der Waals surface area contributed by atoms with Crippen molar-refractivity contribution in [2.75, 3.05) is 19.1 Å². The van der Waals surface area contributed by atoms with Gasteiger partial charge in [-0.2, -0.15) is 0 Å². The number of nitrogens with one attached hydrogen (secondary N) is 1. The molecule has 0 unspecified atom stereocenters. The second-order valence-corrected chi connectivity index (χ2v) is 6.06. The lowest BCUT2D eigenvalue weighted by molar-refractivity contribution is -0.113. The van der Waals surface area contributed by atoms with Crippen LogP contribution in [0.2, 0.25) is 5.02 Å². The van der Waals surface area contributed by atoms with Crippen LogP contribution in [0.1, 0.15) is 11.1 Å². The lowest BCUT2D eigenvalue weighted by Gasteiger charge is -2.13. The Hall–Kier alpha value is -2.99. The molecule has 0 spiro atoms. The average molecular weight is 373 g/mol. The molecule has 1 aliphatic rings. The molecule has 0 bridgehead atoms. The smallest absolute Gasteiger partial charge is 0.333 e. The Morgan fingerprint density at radius 1 is 1.12 bits per heavy atom. The number of hydrogen-bond acceptors (Lipinski definition) is 4. The molecular formula is C19H17ClN2O4. The van der Waals surface area contributed by atoms with E-state index in [9.17, 15) is 9.59 Å². The maximum absolute atomic E-state index is 12.7. The largest absolute Gasteiger partial charge is 0.496 e. The zero-order valence-electron chi connectivity index (χ0n) is 14.5. The molecule has 3 rings (SSSR count). The third kappa shape index (κ3) is 3.11. The molecule has 0 radical (unpaired) electrons. The highest BCUT2D eigenvalue weighted by molar-refractivity contribution is 6.32. The third-order valence-electron chi connectivity index (χ3n) is 4.06. The number of carbonyl (C=O) groups is 2. The summed E-state index contributed by atoms with van der Waals surface area (Å²) in [5, 5.41) is 3.03. The van der Waals surface area contributed by atoms with E-state index in [2.05, 4.69) is 5.32 Å². The Labute approximate surface area is 156 Å². The van der Waals surface area contributed by atoms with Gasteiger partial charge in [0.2, 0.25) is 0 Å². The van der Waals surface area contributed by atoms with Crippen molar-refractivity contribution in [3.63, 3.8) is 0 Å². The Bertz CT molecular complexity index is 924. The standard InChI is InChI=1S/C19H17ClN2O4/c1-11-16(25-2)8-7-12(17(11)26-3)9-15-18(23)22(19(24)21-15)14-6-4-5-13(20)10-14/h4-10H,1-3H3,(H,21,24)/b15-9+. The normalized spacial score (nSPS) is 15.4. The molecule has 3 amide bonds. The number of nitrogens with zero attached hydrogens (tertiary/aromatic N) is 1. The van der Waals surface area contributed by atoms with Gasteiger partial charge in [-0.3, -0.25) is 4.79 Å². The zero-order valence-corrected chi connectivity index (χ0v) is 15.3. The van der Waals surface area contributed by atoms with E-state index in [-0.39, 0.29) is 5.70 Å². The topological polar surface area (TPSA) is 67.9 Å². The van der Waals surface area contributed by atoms with Gasteiger partial charge in [-0.25, -0.2) is 9.69 Å². The van der Waals surface area contributed by atoms with E-state index < -0.39 is 11.9 Å². The van der Waals surface area contributed by atoms with Gasteiger partial charge in [-0.05, 0) is 43.3 Å². The van der Waals surface area contributed by atoms with Crippen molar-refractivity contribution >= 4 is 35.3 Å². The molecule has 2 aromatic rings. The number of methoxy groups -OCH3 is 2. The van der Waals surface area contributed by atoms with E-state index in [1.54, 1.807) is 49.6 Å². The van der Waals surface area contributed by atoms with Crippen LogP contribution in [0, 0.1) is 6.92 Å². The quantitative estimate of drug-likeness (QED) is 0.655. The zero-order chi connectivity index (χ0) is 18.8. The fraction of sp³-hybridized carbons (Fsp3) is 0.158. The lowest BCUT2D eigenvalue weighted by atomic mass is 10.1. The van der Waals surface area contributed by atoms with Gasteiger partial charge >= 0.3 is 6.03 Å². The molecule has 1 aliphatic heterocycles. The maximum atomic E-state index is 12.7. The van der Waals surface area contributed by atoms with Gasteiger partial charge < -0.3 is 14.8 Å². The summed E-state index contributed by atoms with van der Waals surface area (Å²) in [5.74, 6) is 0.777. The van der Waals surface area contributed by atoms with Gasteiger partial charge in [0, 0.05) is 16.1 Å². The van der Waals surface area contributed by atoms with Crippen molar-refractivity contribution in [3.05, 3.63) is 58.2 Å². The summed E-state index contributed by atoms with van der Waals surface area (Å²) < 4.78 is 10.7. The maximum Gasteiger partial charge on any atom is 0.333 e. The molecule has 2 aromatic carbocycles. The molecule has 1 fully saturated rings. The number of urea groups is 1.